The number of rotatable bonds is 6. The highest BCUT2D eigenvalue weighted by atomic mass is 32.2. The molecule has 0 saturated carbocycles. The average Bonchev–Trinajstić information content (AvgIpc) is 2.66. The SMILES string of the molecule is CC1(C)O[C@H](c2ccccc2)[C@@H](OCc2ccccc2)[C@@H](CC(=O)SC(C)(C)C)O1. The van der Waals surface area contributed by atoms with Crippen LogP contribution in [0.2, 0.25) is 0 Å². The highest BCUT2D eigenvalue weighted by Crippen LogP contribution is 2.40. The number of benzene rings is 2. The van der Waals surface area contributed by atoms with Crippen molar-refractivity contribution in [2.75, 3.05) is 0 Å². The summed E-state index contributed by atoms with van der Waals surface area (Å²) in [5, 5.41) is 0.102. The number of thioether (sulfide) groups is 1. The number of carbonyl (C=O) groups excluding carboxylic acids is 1. The molecule has 3 rings (SSSR count). The zero-order valence-corrected chi connectivity index (χ0v) is 19.3. The van der Waals surface area contributed by atoms with Gasteiger partial charge in [0.25, 0.3) is 0 Å². The molecule has 1 fully saturated rings. The summed E-state index contributed by atoms with van der Waals surface area (Å²) in [5.41, 5.74) is 2.09. The maximum atomic E-state index is 12.8. The Bertz CT molecular complexity index is 814. The van der Waals surface area contributed by atoms with Gasteiger partial charge in [-0.15, -0.1) is 0 Å². The normalized spacial score (nSPS) is 23.8. The molecule has 5 heteroatoms. The fourth-order valence-electron chi connectivity index (χ4n) is 3.59. The first-order valence-electron chi connectivity index (χ1n) is 10.4. The Morgan fingerprint density at radius 2 is 1.60 bits per heavy atom. The number of hydrogen-bond donors (Lipinski definition) is 0. The maximum Gasteiger partial charge on any atom is 0.192 e. The molecule has 4 nitrogen and oxygen atoms in total. The Morgan fingerprint density at radius 1 is 1.00 bits per heavy atom. The molecule has 1 heterocycles. The molecule has 0 bridgehead atoms. The molecule has 1 aliphatic rings. The van der Waals surface area contributed by atoms with Crippen molar-refractivity contribution >= 4 is 16.9 Å². The molecule has 0 spiro atoms. The van der Waals surface area contributed by atoms with Gasteiger partial charge in [-0.1, -0.05) is 93.2 Å². The third kappa shape index (κ3) is 6.67. The monoisotopic (exact) mass is 428 g/mol. The fourth-order valence-corrected chi connectivity index (χ4v) is 4.52. The summed E-state index contributed by atoms with van der Waals surface area (Å²) in [6.07, 6.45) is -0.844. The van der Waals surface area contributed by atoms with Gasteiger partial charge in [-0.2, -0.15) is 0 Å². The minimum atomic E-state index is -0.815. The molecular formula is C25H32O4S. The van der Waals surface area contributed by atoms with Crippen LogP contribution in [0.4, 0.5) is 0 Å². The fraction of sp³-hybridized carbons (Fsp3) is 0.480. The van der Waals surface area contributed by atoms with E-state index < -0.39 is 18.0 Å². The van der Waals surface area contributed by atoms with Crippen molar-refractivity contribution < 1.29 is 19.0 Å². The summed E-state index contributed by atoms with van der Waals surface area (Å²) < 4.78 is 18.8. The summed E-state index contributed by atoms with van der Waals surface area (Å²) in [6.45, 7) is 10.3. The van der Waals surface area contributed by atoms with Crippen molar-refractivity contribution in [3.05, 3.63) is 71.8 Å². The Kier molecular flexibility index (Phi) is 7.40. The molecule has 0 amide bonds. The van der Waals surface area contributed by atoms with Gasteiger partial charge in [0.15, 0.2) is 10.9 Å². The van der Waals surface area contributed by atoms with Gasteiger partial charge in [0, 0.05) is 11.2 Å². The molecule has 0 N–H and O–H groups in total. The van der Waals surface area contributed by atoms with E-state index in [0.717, 1.165) is 11.1 Å². The van der Waals surface area contributed by atoms with E-state index in [-0.39, 0.29) is 22.4 Å². The first-order valence-corrected chi connectivity index (χ1v) is 11.2. The van der Waals surface area contributed by atoms with Crippen LogP contribution >= 0.6 is 11.8 Å². The molecule has 162 valence electrons. The molecule has 2 aromatic rings. The standard InChI is InChI=1S/C25H32O4S/c1-24(2,3)30-21(26)16-20-23(27-17-18-12-8-6-9-13-18)22(29-25(4,5)28-20)19-14-10-7-11-15-19/h6-15,20,22-23H,16-17H2,1-5H3/t20-,22-,23+/m1/s1. The average molecular weight is 429 g/mol. The second-order valence-corrected chi connectivity index (χ2v) is 10.9. The highest BCUT2D eigenvalue weighted by molar-refractivity contribution is 8.14. The van der Waals surface area contributed by atoms with Crippen molar-refractivity contribution in [1.29, 1.82) is 0 Å². The summed E-state index contributed by atoms with van der Waals surface area (Å²) in [5.74, 6) is -0.815. The van der Waals surface area contributed by atoms with Crippen LogP contribution in [0, 0.1) is 0 Å². The van der Waals surface area contributed by atoms with Crippen LogP contribution < -0.4 is 0 Å². The van der Waals surface area contributed by atoms with Gasteiger partial charge in [-0.25, -0.2) is 0 Å². The summed E-state index contributed by atoms with van der Waals surface area (Å²) >= 11 is 1.35. The molecular weight excluding hydrogens is 396 g/mol. The third-order valence-corrected chi connectivity index (χ3v) is 5.72. The van der Waals surface area contributed by atoms with Crippen LogP contribution in [0.25, 0.3) is 0 Å². The topological polar surface area (TPSA) is 44.8 Å². The largest absolute Gasteiger partial charge is 0.368 e. The second kappa shape index (κ2) is 9.65. The number of hydrogen-bond acceptors (Lipinski definition) is 5. The van der Waals surface area contributed by atoms with E-state index in [0.29, 0.717) is 6.61 Å². The summed E-state index contributed by atoms with van der Waals surface area (Å²) in [6, 6.07) is 20.1. The second-order valence-electron chi connectivity index (χ2n) is 9.06. The Labute approximate surface area is 184 Å². The lowest BCUT2D eigenvalue weighted by atomic mass is 9.96. The van der Waals surface area contributed by atoms with Crippen LogP contribution in [0.1, 0.15) is 58.3 Å². The van der Waals surface area contributed by atoms with E-state index in [1.165, 1.54) is 11.8 Å². The van der Waals surface area contributed by atoms with Crippen molar-refractivity contribution in [2.24, 2.45) is 0 Å². The van der Waals surface area contributed by atoms with E-state index in [2.05, 4.69) is 0 Å². The first kappa shape index (κ1) is 23.0. The molecule has 2 aromatic carbocycles. The van der Waals surface area contributed by atoms with Crippen molar-refractivity contribution in [1.82, 2.24) is 0 Å². The van der Waals surface area contributed by atoms with Crippen LogP contribution in [-0.2, 0) is 25.6 Å². The van der Waals surface area contributed by atoms with Gasteiger partial charge >= 0.3 is 0 Å². The highest BCUT2D eigenvalue weighted by Gasteiger charge is 2.45. The maximum absolute atomic E-state index is 12.8. The zero-order valence-electron chi connectivity index (χ0n) is 18.5. The molecule has 30 heavy (non-hydrogen) atoms. The number of ether oxygens (including phenoxy) is 3. The van der Waals surface area contributed by atoms with Crippen molar-refractivity contribution in [2.45, 2.75) is 76.5 Å². The van der Waals surface area contributed by atoms with Gasteiger partial charge in [0.1, 0.15) is 12.2 Å². The predicted molar refractivity (Wildman–Crippen MR) is 121 cm³/mol. The predicted octanol–water partition coefficient (Wildman–Crippen LogP) is 5.91. The lowest BCUT2D eigenvalue weighted by Gasteiger charge is -2.46. The lowest BCUT2D eigenvalue weighted by molar-refractivity contribution is -0.341. The lowest BCUT2D eigenvalue weighted by Crippen LogP contribution is -2.52. The van der Waals surface area contributed by atoms with Crippen LogP contribution in [0.3, 0.4) is 0 Å². The van der Waals surface area contributed by atoms with Crippen molar-refractivity contribution in [3.8, 4) is 0 Å². The van der Waals surface area contributed by atoms with E-state index in [1.807, 2.05) is 95.3 Å². The van der Waals surface area contributed by atoms with Crippen molar-refractivity contribution in [3.63, 3.8) is 0 Å². The first-order chi connectivity index (χ1) is 14.1. The van der Waals surface area contributed by atoms with Crippen LogP contribution in [0.5, 0.6) is 0 Å². The molecule has 1 saturated heterocycles. The quantitative estimate of drug-likeness (QED) is 0.572. The minimum Gasteiger partial charge on any atom is -0.368 e. The molecule has 0 radical (unpaired) electrons. The Hall–Kier alpha value is -1.66. The zero-order chi connectivity index (χ0) is 21.8. The van der Waals surface area contributed by atoms with Crippen LogP contribution in [-0.4, -0.2) is 27.9 Å². The van der Waals surface area contributed by atoms with E-state index in [9.17, 15) is 4.79 Å². The Balaban J connectivity index is 1.86. The van der Waals surface area contributed by atoms with Gasteiger partial charge in [0.2, 0.25) is 0 Å². The summed E-state index contributed by atoms with van der Waals surface area (Å²) in [4.78, 5) is 12.8. The van der Waals surface area contributed by atoms with Gasteiger partial charge in [-0.3, -0.25) is 4.79 Å². The van der Waals surface area contributed by atoms with E-state index in [1.54, 1.807) is 0 Å². The molecule has 0 aromatic heterocycles. The van der Waals surface area contributed by atoms with Gasteiger partial charge in [0.05, 0.1) is 12.7 Å². The van der Waals surface area contributed by atoms with Crippen LogP contribution in [0.15, 0.2) is 60.7 Å². The molecule has 3 atom stereocenters. The van der Waals surface area contributed by atoms with E-state index >= 15 is 0 Å². The van der Waals surface area contributed by atoms with Gasteiger partial charge < -0.3 is 14.2 Å². The van der Waals surface area contributed by atoms with E-state index in [4.69, 9.17) is 14.2 Å². The molecule has 0 unspecified atom stereocenters. The minimum absolute atomic E-state index is 0.102. The molecule has 0 aliphatic carbocycles. The Morgan fingerprint density at radius 3 is 2.20 bits per heavy atom. The smallest absolute Gasteiger partial charge is 0.192 e. The summed E-state index contributed by atoms with van der Waals surface area (Å²) in [7, 11) is 0. The number of carbonyl (C=O) groups is 1. The third-order valence-electron chi connectivity index (χ3n) is 4.71. The molecule has 1 aliphatic heterocycles. The van der Waals surface area contributed by atoms with Gasteiger partial charge in [-0.05, 0) is 25.0 Å².